The lowest BCUT2D eigenvalue weighted by atomic mass is 10.2. The van der Waals surface area contributed by atoms with Crippen LogP contribution in [-0.2, 0) is 17.8 Å². The van der Waals surface area contributed by atoms with Crippen LogP contribution >= 0.6 is 11.3 Å². The Balaban J connectivity index is 1.69. The van der Waals surface area contributed by atoms with E-state index in [2.05, 4.69) is 15.3 Å². The average molecular weight is 235 g/mol. The summed E-state index contributed by atoms with van der Waals surface area (Å²) >= 11 is 1.68. The van der Waals surface area contributed by atoms with Crippen LogP contribution in [0.15, 0.2) is 29.9 Å². The third-order valence-electron chi connectivity index (χ3n) is 2.19. The molecule has 0 radical (unpaired) electrons. The number of thiophene rings is 1. The zero-order chi connectivity index (χ0) is 11.2. The lowest BCUT2D eigenvalue weighted by Gasteiger charge is -2.02. The molecule has 0 bridgehead atoms. The van der Waals surface area contributed by atoms with Gasteiger partial charge in [-0.1, -0.05) is 6.07 Å². The Kier molecular flexibility index (Phi) is 3.71. The number of carbonyl (C=O) groups is 1. The lowest BCUT2D eigenvalue weighted by molar-refractivity contribution is -0.121. The average Bonchev–Trinajstić information content (AvgIpc) is 2.96. The molecule has 0 aromatic carbocycles. The van der Waals surface area contributed by atoms with Gasteiger partial charge in [-0.3, -0.25) is 4.79 Å². The second-order valence-corrected chi connectivity index (χ2v) is 4.42. The van der Waals surface area contributed by atoms with Gasteiger partial charge in [0, 0.05) is 23.7 Å². The highest BCUT2D eigenvalue weighted by molar-refractivity contribution is 7.09. The minimum absolute atomic E-state index is 0.0600. The van der Waals surface area contributed by atoms with Crippen molar-refractivity contribution < 1.29 is 4.79 Å². The molecule has 4 nitrogen and oxygen atoms in total. The summed E-state index contributed by atoms with van der Waals surface area (Å²) in [6.07, 6.45) is 4.75. The molecule has 84 valence electrons. The second-order valence-electron chi connectivity index (χ2n) is 3.39. The van der Waals surface area contributed by atoms with Crippen molar-refractivity contribution in [3.8, 4) is 0 Å². The zero-order valence-electron chi connectivity index (χ0n) is 8.77. The molecule has 2 N–H and O–H groups in total. The summed E-state index contributed by atoms with van der Waals surface area (Å²) in [6, 6.07) is 4.05. The third kappa shape index (κ3) is 3.20. The molecule has 16 heavy (non-hydrogen) atoms. The van der Waals surface area contributed by atoms with Gasteiger partial charge in [-0.25, -0.2) is 4.98 Å². The Morgan fingerprint density at radius 3 is 3.19 bits per heavy atom. The Bertz CT molecular complexity index is 382. The molecular weight excluding hydrogens is 222 g/mol. The van der Waals surface area contributed by atoms with E-state index in [-0.39, 0.29) is 5.91 Å². The summed E-state index contributed by atoms with van der Waals surface area (Å²) in [6.45, 7) is 0.469. The fraction of sp³-hybridized carbons (Fsp3) is 0.273. The number of H-pyrrole nitrogens is 1. The second kappa shape index (κ2) is 5.46. The molecule has 0 atom stereocenters. The maximum absolute atomic E-state index is 11.5. The van der Waals surface area contributed by atoms with E-state index >= 15 is 0 Å². The van der Waals surface area contributed by atoms with Gasteiger partial charge in [0.25, 0.3) is 0 Å². The number of aromatic nitrogens is 2. The van der Waals surface area contributed by atoms with Gasteiger partial charge in [0.1, 0.15) is 5.82 Å². The standard InChI is InChI=1S/C11H13N3OS/c15-11(4-3-9-2-1-7-16-9)14-8-10-12-5-6-13-10/h1-2,5-7H,3-4,8H2,(H,12,13)(H,14,15). The topological polar surface area (TPSA) is 57.8 Å². The first-order chi connectivity index (χ1) is 7.84. The van der Waals surface area contributed by atoms with Crippen molar-refractivity contribution in [3.05, 3.63) is 40.6 Å². The highest BCUT2D eigenvalue weighted by atomic mass is 32.1. The van der Waals surface area contributed by atoms with Gasteiger partial charge in [-0.2, -0.15) is 0 Å². The van der Waals surface area contributed by atoms with Gasteiger partial charge < -0.3 is 10.3 Å². The van der Waals surface area contributed by atoms with Crippen molar-refractivity contribution in [3.63, 3.8) is 0 Å². The molecule has 2 rings (SSSR count). The van der Waals surface area contributed by atoms with Crippen LogP contribution in [0.3, 0.4) is 0 Å². The monoisotopic (exact) mass is 235 g/mol. The van der Waals surface area contributed by atoms with E-state index < -0.39 is 0 Å². The first kappa shape index (κ1) is 10.9. The van der Waals surface area contributed by atoms with Gasteiger partial charge in [0.2, 0.25) is 5.91 Å². The van der Waals surface area contributed by atoms with Crippen molar-refractivity contribution in [2.75, 3.05) is 0 Å². The smallest absolute Gasteiger partial charge is 0.220 e. The summed E-state index contributed by atoms with van der Waals surface area (Å²) in [4.78, 5) is 19.7. The van der Waals surface area contributed by atoms with Crippen LogP contribution in [-0.4, -0.2) is 15.9 Å². The predicted octanol–water partition coefficient (Wildman–Crippen LogP) is 1.72. The SMILES string of the molecule is O=C(CCc1cccs1)NCc1ncc[nH]1. The molecule has 1 amide bonds. The Labute approximate surface area is 97.7 Å². The van der Waals surface area contributed by atoms with E-state index in [1.54, 1.807) is 23.7 Å². The van der Waals surface area contributed by atoms with E-state index in [4.69, 9.17) is 0 Å². The number of nitrogens with zero attached hydrogens (tertiary/aromatic N) is 1. The number of aromatic amines is 1. The lowest BCUT2D eigenvalue weighted by Crippen LogP contribution is -2.23. The van der Waals surface area contributed by atoms with Crippen LogP contribution in [0.2, 0.25) is 0 Å². The van der Waals surface area contributed by atoms with E-state index in [1.807, 2.05) is 17.5 Å². The number of aryl methyl sites for hydroxylation is 1. The predicted molar refractivity (Wildman–Crippen MR) is 63.1 cm³/mol. The van der Waals surface area contributed by atoms with E-state index in [9.17, 15) is 4.79 Å². The number of nitrogens with one attached hydrogen (secondary N) is 2. The summed E-state index contributed by atoms with van der Waals surface area (Å²) in [7, 11) is 0. The first-order valence-corrected chi connectivity index (χ1v) is 6.00. The first-order valence-electron chi connectivity index (χ1n) is 5.12. The number of hydrogen-bond acceptors (Lipinski definition) is 3. The van der Waals surface area contributed by atoms with Crippen LogP contribution in [0, 0.1) is 0 Å². The molecular formula is C11H13N3OS. The van der Waals surface area contributed by atoms with Crippen molar-refractivity contribution in [1.29, 1.82) is 0 Å². The van der Waals surface area contributed by atoms with Crippen LogP contribution in [0.4, 0.5) is 0 Å². The van der Waals surface area contributed by atoms with Crippen LogP contribution in [0.5, 0.6) is 0 Å². The molecule has 0 aliphatic heterocycles. The van der Waals surface area contributed by atoms with Crippen LogP contribution < -0.4 is 5.32 Å². The number of rotatable bonds is 5. The van der Waals surface area contributed by atoms with Crippen molar-refractivity contribution in [2.24, 2.45) is 0 Å². The van der Waals surface area contributed by atoms with Gasteiger partial charge in [-0.05, 0) is 17.9 Å². The molecule has 2 heterocycles. The summed E-state index contributed by atoms with van der Waals surface area (Å²) < 4.78 is 0. The minimum atomic E-state index is 0.0600. The highest BCUT2D eigenvalue weighted by Gasteiger charge is 2.03. The Morgan fingerprint density at radius 2 is 2.50 bits per heavy atom. The Hall–Kier alpha value is -1.62. The molecule has 0 saturated heterocycles. The van der Waals surface area contributed by atoms with Gasteiger partial charge in [0.15, 0.2) is 0 Å². The molecule has 0 aliphatic rings. The third-order valence-corrected chi connectivity index (χ3v) is 3.12. The number of imidazole rings is 1. The quantitative estimate of drug-likeness (QED) is 0.829. The summed E-state index contributed by atoms with van der Waals surface area (Å²) in [5, 5.41) is 4.84. The molecule has 0 saturated carbocycles. The van der Waals surface area contributed by atoms with Crippen molar-refractivity contribution >= 4 is 17.2 Å². The van der Waals surface area contributed by atoms with Gasteiger partial charge >= 0.3 is 0 Å². The van der Waals surface area contributed by atoms with Crippen LogP contribution in [0.1, 0.15) is 17.1 Å². The number of amides is 1. The van der Waals surface area contributed by atoms with E-state index in [0.29, 0.717) is 13.0 Å². The fourth-order valence-corrected chi connectivity index (χ4v) is 2.07. The molecule has 5 heteroatoms. The van der Waals surface area contributed by atoms with Crippen molar-refractivity contribution in [2.45, 2.75) is 19.4 Å². The molecule has 0 unspecified atom stereocenters. The highest BCUT2D eigenvalue weighted by Crippen LogP contribution is 2.10. The molecule has 0 fully saturated rings. The van der Waals surface area contributed by atoms with Crippen LogP contribution in [0.25, 0.3) is 0 Å². The molecule has 2 aromatic heterocycles. The molecule has 0 spiro atoms. The molecule has 0 aliphatic carbocycles. The Morgan fingerprint density at radius 1 is 1.56 bits per heavy atom. The van der Waals surface area contributed by atoms with E-state index in [1.165, 1.54) is 4.88 Å². The summed E-state index contributed by atoms with van der Waals surface area (Å²) in [5.74, 6) is 0.842. The fourth-order valence-electron chi connectivity index (χ4n) is 1.36. The minimum Gasteiger partial charge on any atom is -0.349 e. The van der Waals surface area contributed by atoms with Gasteiger partial charge in [0.05, 0.1) is 6.54 Å². The normalized spacial score (nSPS) is 10.2. The zero-order valence-corrected chi connectivity index (χ0v) is 9.59. The van der Waals surface area contributed by atoms with Gasteiger partial charge in [-0.15, -0.1) is 11.3 Å². The van der Waals surface area contributed by atoms with Crippen molar-refractivity contribution in [1.82, 2.24) is 15.3 Å². The maximum Gasteiger partial charge on any atom is 0.220 e. The summed E-state index contributed by atoms with van der Waals surface area (Å²) in [5.41, 5.74) is 0. The molecule has 2 aromatic rings. The number of hydrogen-bond donors (Lipinski definition) is 2. The van der Waals surface area contributed by atoms with E-state index in [0.717, 1.165) is 12.2 Å². The number of carbonyl (C=O) groups excluding carboxylic acids is 1. The maximum atomic E-state index is 11.5. The largest absolute Gasteiger partial charge is 0.349 e.